The molecule has 6 nitrogen and oxygen atoms in total. The number of hydrogen-bond acceptors (Lipinski definition) is 6. The predicted octanol–water partition coefficient (Wildman–Crippen LogP) is 4.53. The lowest BCUT2D eigenvalue weighted by Gasteiger charge is -2.36. The fourth-order valence-corrected chi connectivity index (χ4v) is 5.02. The minimum atomic E-state index is -0.214. The van der Waals surface area contributed by atoms with Gasteiger partial charge in [-0.1, -0.05) is 42.0 Å². The SMILES string of the molecule is Cc1ccc(Cc2nsc(N(CCC(=O)N3CCN(c4ccccc4F)CC3)C(C)C)n2)cc1. The number of rotatable bonds is 8. The van der Waals surface area contributed by atoms with Crippen molar-refractivity contribution >= 4 is 28.3 Å². The maximum absolute atomic E-state index is 14.1. The van der Waals surface area contributed by atoms with Gasteiger partial charge in [-0.05, 0) is 38.5 Å². The summed E-state index contributed by atoms with van der Waals surface area (Å²) >= 11 is 1.39. The molecular weight excluding hydrogens is 449 g/mol. The van der Waals surface area contributed by atoms with E-state index in [1.54, 1.807) is 12.1 Å². The Morgan fingerprint density at radius 2 is 1.79 bits per heavy atom. The van der Waals surface area contributed by atoms with Gasteiger partial charge in [0.05, 0.1) is 5.69 Å². The smallest absolute Gasteiger partial charge is 0.224 e. The van der Waals surface area contributed by atoms with Crippen LogP contribution in [0, 0.1) is 12.7 Å². The van der Waals surface area contributed by atoms with E-state index in [1.165, 1.54) is 28.7 Å². The van der Waals surface area contributed by atoms with Gasteiger partial charge in [-0.15, -0.1) is 0 Å². The number of aromatic nitrogens is 2. The molecule has 2 heterocycles. The summed E-state index contributed by atoms with van der Waals surface area (Å²) < 4.78 is 18.6. The summed E-state index contributed by atoms with van der Waals surface area (Å²) in [5, 5.41) is 0.856. The van der Waals surface area contributed by atoms with E-state index in [4.69, 9.17) is 4.98 Å². The van der Waals surface area contributed by atoms with Crippen molar-refractivity contribution in [2.24, 2.45) is 0 Å². The quantitative estimate of drug-likeness (QED) is 0.473. The third-order valence-corrected chi connectivity index (χ3v) is 6.99. The lowest BCUT2D eigenvalue weighted by Crippen LogP contribution is -2.49. The molecule has 0 saturated carbocycles. The van der Waals surface area contributed by atoms with E-state index in [1.807, 2.05) is 15.9 Å². The van der Waals surface area contributed by atoms with Crippen molar-refractivity contribution in [1.29, 1.82) is 0 Å². The second-order valence-corrected chi connectivity index (χ2v) is 9.74. The molecule has 4 rings (SSSR count). The fourth-order valence-electron chi connectivity index (χ4n) is 4.18. The number of para-hydroxylation sites is 1. The molecule has 3 aromatic rings. The number of amides is 1. The van der Waals surface area contributed by atoms with Gasteiger partial charge in [-0.2, -0.15) is 4.37 Å². The van der Waals surface area contributed by atoms with Gasteiger partial charge in [-0.3, -0.25) is 4.79 Å². The first-order valence-corrected chi connectivity index (χ1v) is 12.6. The van der Waals surface area contributed by atoms with Crippen molar-refractivity contribution in [2.45, 2.75) is 39.7 Å². The van der Waals surface area contributed by atoms with Gasteiger partial charge in [0, 0.05) is 63.1 Å². The van der Waals surface area contributed by atoms with Gasteiger partial charge >= 0.3 is 0 Å². The zero-order valence-electron chi connectivity index (χ0n) is 20.1. The first kappa shape index (κ1) is 24.1. The molecule has 0 atom stereocenters. The van der Waals surface area contributed by atoms with Gasteiger partial charge in [0.15, 0.2) is 0 Å². The summed E-state index contributed by atoms with van der Waals surface area (Å²) in [6.07, 6.45) is 1.12. The van der Waals surface area contributed by atoms with Gasteiger partial charge in [0.25, 0.3) is 0 Å². The lowest BCUT2D eigenvalue weighted by atomic mass is 10.1. The minimum absolute atomic E-state index is 0.128. The molecule has 0 aliphatic carbocycles. The zero-order chi connectivity index (χ0) is 24.1. The fraction of sp³-hybridized carbons (Fsp3) is 0.423. The van der Waals surface area contributed by atoms with Gasteiger partial charge < -0.3 is 14.7 Å². The summed E-state index contributed by atoms with van der Waals surface area (Å²) in [4.78, 5) is 23.7. The van der Waals surface area contributed by atoms with Crippen LogP contribution < -0.4 is 9.80 Å². The number of carbonyl (C=O) groups is 1. The Morgan fingerprint density at radius 3 is 2.47 bits per heavy atom. The van der Waals surface area contributed by atoms with E-state index in [9.17, 15) is 9.18 Å². The second-order valence-electron chi connectivity index (χ2n) is 9.01. The highest BCUT2D eigenvalue weighted by atomic mass is 32.1. The molecule has 1 fully saturated rings. The minimum Gasteiger partial charge on any atom is -0.366 e. The van der Waals surface area contributed by atoms with E-state index in [2.05, 4.69) is 54.3 Å². The van der Waals surface area contributed by atoms with E-state index in [-0.39, 0.29) is 17.8 Å². The maximum atomic E-state index is 14.1. The largest absolute Gasteiger partial charge is 0.366 e. The average molecular weight is 482 g/mol. The van der Waals surface area contributed by atoms with Gasteiger partial charge in [0.2, 0.25) is 11.0 Å². The molecule has 0 unspecified atom stereocenters. The highest BCUT2D eigenvalue weighted by Crippen LogP contribution is 2.23. The molecule has 0 spiro atoms. The molecule has 1 aliphatic rings. The first-order chi connectivity index (χ1) is 16.4. The Bertz CT molecular complexity index is 1090. The molecule has 180 valence electrons. The van der Waals surface area contributed by atoms with Crippen molar-refractivity contribution < 1.29 is 9.18 Å². The highest BCUT2D eigenvalue weighted by Gasteiger charge is 2.24. The summed E-state index contributed by atoms with van der Waals surface area (Å²) in [7, 11) is 0. The molecule has 1 aliphatic heterocycles. The number of benzene rings is 2. The van der Waals surface area contributed by atoms with Crippen LogP contribution in [0.5, 0.6) is 0 Å². The monoisotopic (exact) mass is 481 g/mol. The molecular formula is C26H32FN5OS. The number of carbonyl (C=O) groups excluding carboxylic acids is 1. The van der Waals surface area contributed by atoms with E-state index in [0.29, 0.717) is 51.3 Å². The first-order valence-electron chi connectivity index (χ1n) is 11.8. The van der Waals surface area contributed by atoms with Gasteiger partial charge in [-0.25, -0.2) is 9.37 Å². The van der Waals surface area contributed by atoms with Crippen molar-refractivity contribution in [3.05, 3.63) is 71.3 Å². The highest BCUT2D eigenvalue weighted by molar-refractivity contribution is 7.09. The van der Waals surface area contributed by atoms with Crippen LogP contribution in [-0.2, 0) is 11.2 Å². The van der Waals surface area contributed by atoms with Crippen LogP contribution in [-0.4, -0.2) is 58.9 Å². The Kier molecular flexibility index (Phi) is 7.77. The molecule has 0 N–H and O–H groups in total. The maximum Gasteiger partial charge on any atom is 0.224 e. The van der Waals surface area contributed by atoms with E-state index in [0.717, 1.165) is 11.0 Å². The summed E-state index contributed by atoms with van der Waals surface area (Å²) in [6, 6.07) is 15.5. The molecule has 0 bridgehead atoms. The summed E-state index contributed by atoms with van der Waals surface area (Å²) in [5.74, 6) is 0.724. The summed E-state index contributed by atoms with van der Waals surface area (Å²) in [6.45, 7) is 9.38. The van der Waals surface area contributed by atoms with Crippen LogP contribution >= 0.6 is 11.5 Å². The van der Waals surface area contributed by atoms with E-state index >= 15 is 0 Å². The Balaban J connectivity index is 1.31. The van der Waals surface area contributed by atoms with Crippen LogP contribution in [0.2, 0.25) is 0 Å². The Morgan fingerprint density at radius 1 is 1.09 bits per heavy atom. The topological polar surface area (TPSA) is 52.6 Å². The third kappa shape index (κ3) is 5.91. The molecule has 0 radical (unpaired) electrons. The van der Waals surface area contributed by atoms with Crippen LogP contribution in [0.1, 0.15) is 37.2 Å². The number of anilines is 2. The Hall–Kier alpha value is -3.00. The Labute approximate surface area is 205 Å². The summed E-state index contributed by atoms with van der Waals surface area (Å²) in [5.41, 5.74) is 3.04. The van der Waals surface area contributed by atoms with Crippen molar-refractivity contribution in [1.82, 2.24) is 14.3 Å². The van der Waals surface area contributed by atoms with Crippen molar-refractivity contribution in [3.63, 3.8) is 0 Å². The zero-order valence-corrected chi connectivity index (χ0v) is 20.9. The molecule has 2 aromatic carbocycles. The van der Waals surface area contributed by atoms with Crippen molar-refractivity contribution in [3.8, 4) is 0 Å². The van der Waals surface area contributed by atoms with Crippen LogP contribution in [0.3, 0.4) is 0 Å². The van der Waals surface area contributed by atoms with Crippen molar-refractivity contribution in [2.75, 3.05) is 42.5 Å². The van der Waals surface area contributed by atoms with Gasteiger partial charge in [0.1, 0.15) is 11.6 Å². The van der Waals surface area contributed by atoms with Crippen LogP contribution in [0.4, 0.5) is 15.2 Å². The molecule has 34 heavy (non-hydrogen) atoms. The number of halogens is 1. The average Bonchev–Trinajstić information content (AvgIpc) is 3.29. The molecule has 8 heteroatoms. The number of nitrogens with zero attached hydrogens (tertiary/aromatic N) is 5. The predicted molar refractivity (Wildman–Crippen MR) is 136 cm³/mol. The third-order valence-electron chi connectivity index (χ3n) is 6.20. The number of piperazine rings is 1. The number of hydrogen-bond donors (Lipinski definition) is 0. The second kappa shape index (κ2) is 11.0. The van der Waals surface area contributed by atoms with Crippen LogP contribution in [0.25, 0.3) is 0 Å². The lowest BCUT2D eigenvalue weighted by molar-refractivity contribution is -0.131. The molecule has 1 amide bonds. The van der Waals surface area contributed by atoms with E-state index < -0.39 is 0 Å². The molecule has 1 aromatic heterocycles. The number of aryl methyl sites for hydroxylation is 1. The normalized spacial score (nSPS) is 14.0. The molecule has 1 saturated heterocycles. The van der Waals surface area contributed by atoms with Crippen LogP contribution in [0.15, 0.2) is 48.5 Å². The standard InChI is InChI=1S/C26H32FN5OS/c1-19(2)32(26-28-24(29-34-26)18-21-10-8-20(3)9-11-21)13-12-25(33)31-16-14-30(15-17-31)23-7-5-4-6-22(23)27/h4-11,19H,12-18H2,1-3H3.